The molecule has 0 aromatic carbocycles. The molecule has 3 rings (SSSR count). The van der Waals surface area contributed by atoms with Crippen LogP contribution in [0.15, 0.2) is 27.0 Å². The van der Waals surface area contributed by atoms with Crippen molar-refractivity contribution in [3.8, 4) is 0 Å². The van der Waals surface area contributed by atoms with Gasteiger partial charge in [0.1, 0.15) is 23.0 Å². The first kappa shape index (κ1) is 16.4. The molecule has 2 aromatic heterocycles. The normalized spacial score (nSPS) is 20.4. The average Bonchev–Trinajstić information content (AvgIpc) is 3.17. The van der Waals surface area contributed by atoms with Crippen LogP contribution in [0, 0.1) is 20.8 Å². The van der Waals surface area contributed by atoms with Crippen molar-refractivity contribution in [2.75, 3.05) is 13.1 Å². The number of aryl methyl sites for hydroxylation is 3. The smallest absolute Gasteiger partial charge is 0.257 e. The second kappa shape index (κ2) is 6.19. The molecule has 0 radical (unpaired) electrons. The van der Waals surface area contributed by atoms with Gasteiger partial charge >= 0.3 is 0 Å². The minimum atomic E-state index is -0.162. The maximum absolute atomic E-state index is 12.8. The molecular formula is C18H22N2O4. The predicted octanol–water partition coefficient (Wildman–Crippen LogP) is 2.54. The number of nitrogens with zero attached hydrogens (tertiary/aromatic N) is 1. The van der Waals surface area contributed by atoms with Crippen LogP contribution in [0.4, 0.5) is 0 Å². The van der Waals surface area contributed by atoms with Crippen LogP contribution in [0.25, 0.3) is 0 Å². The van der Waals surface area contributed by atoms with Crippen LogP contribution in [0.2, 0.25) is 0 Å². The Hall–Kier alpha value is -2.50. The molecule has 128 valence electrons. The molecule has 0 aliphatic carbocycles. The molecule has 1 fully saturated rings. The molecule has 0 spiro atoms. The molecule has 24 heavy (non-hydrogen) atoms. The summed E-state index contributed by atoms with van der Waals surface area (Å²) in [6.07, 6.45) is 0. The van der Waals surface area contributed by atoms with Crippen molar-refractivity contribution in [3.05, 3.63) is 46.8 Å². The second-order valence-electron chi connectivity index (χ2n) is 6.40. The van der Waals surface area contributed by atoms with Crippen molar-refractivity contribution in [1.82, 2.24) is 10.2 Å². The summed E-state index contributed by atoms with van der Waals surface area (Å²) >= 11 is 0. The van der Waals surface area contributed by atoms with Crippen LogP contribution in [0.5, 0.6) is 0 Å². The Morgan fingerprint density at radius 1 is 1.12 bits per heavy atom. The van der Waals surface area contributed by atoms with Gasteiger partial charge in [0.2, 0.25) is 5.91 Å². The van der Waals surface area contributed by atoms with Gasteiger partial charge in [0.05, 0.1) is 17.5 Å². The van der Waals surface area contributed by atoms with Gasteiger partial charge in [0, 0.05) is 20.0 Å². The highest BCUT2D eigenvalue weighted by Gasteiger charge is 2.39. The summed E-state index contributed by atoms with van der Waals surface area (Å²) in [5, 5.41) is 2.94. The first-order chi connectivity index (χ1) is 11.3. The average molecular weight is 330 g/mol. The maximum atomic E-state index is 12.8. The van der Waals surface area contributed by atoms with Gasteiger partial charge in [0.15, 0.2) is 0 Å². The number of likely N-dealkylation sites (tertiary alicyclic amines) is 1. The van der Waals surface area contributed by atoms with E-state index in [0.717, 1.165) is 11.5 Å². The van der Waals surface area contributed by atoms with E-state index in [1.54, 1.807) is 17.9 Å². The first-order valence-electron chi connectivity index (χ1n) is 8.05. The summed E-state index contributed by atoms with van der Waals surface area (Å²) in [5.41, 5.74) is 0.574. The number of carbonyl (C=O) groups is 2. The Labute approximate surface area is 140 Å². The Bertz CT molecular complexity index is 774. The standard InChI is InChI=1S/C18H22N2O4/c1-10-5-6-17(24-10)15-8-20(9-16(15)19-13(4)21)18(22)14-7-11(2)23-12(14)3/h5-7,15-16H,8-9H2,1-4H3,(H,19,21)/t15-,16-/m1/s1. The van der Waals surface area contributed by atoms with E-state index in [-0.39, 0.29) is 23.8 Å². The van der Waals surface area contributed by atoms with Crippen LogP contribution in [-0.4, -0.2) is 35.8 Å². The molecule has 1 aliphatic heterocycles. The minimum Gasteiger partial charge on any atom is -0.466 e. The fourth-order valence-electron chi connectivity index (χ4n) is 3.33. The Morgan fingerprint density at radius 2 is 1.88 bits per heavy atom. The Morgan fingerprint density at radius 3 is 2.42 bits per heavy atom. The summed E-state index contributed by atoms with van der Waals surface area (Å²) in [4.78, 5) is 26.1. The van der Waals surface area contributed by atoms with Gasteiger partial charge in [-0.25, -0.2) is 0 Å². The monoisotopic (exact) mass is 330 g/mol. The van der Waals surface area contributed by atoms with E-state index in [1.165, 1.54) is 6.92 Å². The van der Waals surface area contributed by atoms with Crippen LogP contribution < -0.4 is 5.32 Å². The number of hydrogen-bond donors (Lipinski definition) is 1. The van der Waals surface area contributed by atoms with Gasteiger partial charge in [-0.1, -0.05) is 0 Å². The zero-order chi connectivity index (χ0) is 17.4. The Balaban J connectivity index is 1.84. The fraction of sp³-hybridized carbons (Fsp3) is 0.444. The zero-order valence-electron chi connectivity index (χ0n) is 14.4. The highest BCUT2D eigenvalue weighted by molar-refractivity contribution is 5.95. The molecule has 6 heteroatoms. The predicted molar refractivity (Wildman–Crippen MR) is 87.9 cm³/mol. The number of carbonyl (C=O) groups excluding carboxylic acids is 2. The third-order valence-electron chi connectivity index (χ3n) is 4.39. The highest BCUT2D eigenvalue weighted by Crippen LogP contribution is 2.30. The summed E-state index contributed by atoms with van der Waals surface area (Å²) in [7, 11) is 0. The molecule has 0 bridgehead atoms. The lowest BCUT2D eigenvalue weighted by Crippen LogP contribution is -2.39. The molecule has 6 nitrogen and oxygen atoms in total. The van der Waals surface area contributed by atoms with Crippen LogP contribution >= 0.6 is 0 Å². The molecule has 2 atom stereocenters. The van der Waals surface area contributed by atoms with Crippen LogP contribution in [0.1, 0.15) is 46.2 Å². The number of hydrogen-bond acceptors (Lipinski definition) is 4. The van der Waals surface area contributed by atoms with Crippen molar-refractivity contribution >= 4 is 11.8 Å². The fourth-order valence-corrected chi connectivity index (χ4v) is 3.33. The van der Waals surface area contributed by atoms with Gasteiger partial charge in [-0.3, -0.25) is 9.59 Å². The molecule has 3 heterocycles. The highest BCUT2D eigenvalue weighted by atomic mass is 16.3. The molecule has 0 saturated carbocycles. The number of amides is 2. The van der Waals surface area contributed by atoms with E-state index in [2.05, 4.69) is 5.32 Å². The van der Waals surface area contributed by atoms with E-state index in [4.69, 9.17) is 8.83 Å². The van der Waals surface area contributed by atoms with Gasteiger partial charge in [-0.2, -0.15) is 0 Å². The second-order valence-corrected chi connectivity index (χ2v) is 6.40. The topological polar surface area (TPSA) is 75.7 Å². The largest absolute Gasteiger partial charge is 0.466 e. The SMILES string of the molecule is CC(=O)N[C@@H]1CN(C(=O)c2cc(C)oc2C)C[C@H]1c1ccc(C)o1. The summed E-state index contributed by atoms with van der Waals surface area (Å²) in [6, 6.07) is 5.41. The van der Waals surface area contributed by atoms with Crippen molar-refractivity contribution in [2.24, 2.45) is 0 Å². The maximum Gasteiger partial charge on any atom is 0.257 e. The summed E-state index contributed by atoms with van der Waals surface area (Å²) in [6.45, 7) is 7.93. The third-order valence-corrected chi connectivity index (χ3v) is 4.39. The van der Waals surface area contributed by atoms with E-state index in [9.17, 15) is 9.59 Å². The quantitative estimate of drug-likeness (QED) is 0.938. The lowest BCUT2D eigenvalue weighted by atomic mass is 10.0. The van der Waals surface area contributed by atoms with Crippen molar-refractivity contribution in [1.29, 1.82) is 0 Å². The van der Waals surface area contributed by atoms with Crippen molar-refractivity contribution in [3.63, 3.8) is 0 Å². The van der Waals surface area contributed by atoms with E-state index in [0.29, 0.717) is 30.2 Å². The third kappa shape index (κ3) is 3.09. The van der Waals surface area contributed by atoms with E-state index < -0.39 is 0 Å². The van der Waals surface area contributed by atoms with Crippen molar-refractivity contribution < 1.29 is 18.4 Å². The molecule has 2 amide bonds. The molecule has 2 aromatic rings. The lowest BCUT2D eigenvalue weighted by molar-refractivity contribution is -0.119. The summed E-state index contributed by atoms with van der Waals surface area (Å²) < 4.78 is 11.2. The van der Waals surface area contributed by atoms with Gasteiger partial charge in [-0.15, -0.1) is 0 Å². The van der Waals surface area contributed by atoms with Crippen LogP contribution in [-0.2, 0) is 4.79 Å². The first-order valence-corrected chi connectivity index (χ1v) is 8.05. The number of nitrogens with one attached hydrogen (secondary N) is 1. The number of rotatable bonds is 3. The molecule has 1 aliphatic rings. The Kier molecular flexibility index (Phi) is 4.22. The lowest BCUT2D eigenvalue weighted by Gasteiger charge is -2.16. The molecule has 1 saturated heterocycles. The minimum absolute atomic E-state index is 0.0557. The molecular weight excluding hydrogens is 308 g/mol. The van der Waals surface area contributed by atoms with Gasteiger partial charge in [0.25, 0.3) is 5.91 Å². The molecule has 1 N–H and O–H groups in total. The van der Waals surface area contributed by atoms with Crippen molar-refractivity contribution in [2.45, 2.75) is 39.7 Å². The van der Waals surface area contributed by atoms with Gasteiger partial charge in [-0.05, 0) is 39.0 Å². The molecule has 0 unspecified atom stereocenters. The summed E-state index contributed by atoms with van der Waals surface area (Å²) in [5.74, 6) is 2.69. The van der Waals surface area contributed by atoms with E-state index in [1.807, 2.05) is 26.0 Å². The van der Waals surface area contributed by atoms with Gasteiger partial charge < -0.3 is 19.1 Å². The van der Waals surface area contributed by atoms with E-state index >= 15 is 0 Å². The van der Waals surface area contributed by atoms with Crippen LogP contribution in [0.3, 0.4) is 0 Å². The number of furan rings is 2. The zero-order valence-corrected chi connectivity index (χ0v) is 14.4.